The van der Waals surface area contributed by atoms with Gasteiger partial charge in [0.2, 0.25) is 0 Å². The zero-order chi connectivity index (χ0) is 16.5. The molecule has 1 atom stereocenters. The molecule has 1 N–H and O–H groups in total. The normalized spacial score (nSPS) is 12.7. The van der Waals surface area contributed by atoms with Crippen LogP contribution in [0.1, 0.15) is 90.4 Å². The van der Waals surface area contributed by atoms with E-state index in [1.54, 1.807) is 0 Å². The van der Waals surface area contributed by atoms with Crippen LogP contribution in [0.25, 0.3) is 0 Å². The molecule has 22 heavy (non-hydrogen) atoms. The maximum Gasteiger partial charge on any atom is 0.308 e. The third-order valence-electron chi connectivity index (χ3n) is 3.93. The lowest BCUT2D eigenvalue weighted by Gasteiger charge is -2.08. The summed E-state index contributed by atoms with van der Waals surface area (Å²) in [7, 11) is 1.35. The minimum atomic E-state index is -0.546. The predicted octanol–water partition coefficient (Wildman–Crippen LogP) is 5.17. The SMILES string of the molecule is CCCCCCCC/C=C/CCCCCC(O)CC(=O)OC. The maximum absolute atomic E-state index is 11.0. The van der Waals surface area contributed by atoms with Crippen molar-refractivity contribution in [1.82, 2.24) is 0 Å². The van der Waals surface area contributed by atoms with E-state index in [2.05, 4.69) is 23.8 Å². The van der Waals surface area contributed by atoms with Crippen LogP contribution in [0, 0.1) is 0 Å². The molecule has 0 saturated carbocycles. The number of hydrogen-bond donors (Lipinski definition) is 1. The first-order valence-electron chi connectivity index (χ1n) is 9.10. The Morgan fingerprint density at radius 3 is 2.09 bits per heavy atom. The zero-order valence-electron chi connectivity index (χ0n) is 14.7. The Kier molecular flexibility index (Phi) is 15.9. The number of aliphatic hydroxyl groups is 1. The molecule has 0 aromatic heterocycles. The van der Waals surface area contributed by atoms with Gasteiger partial charge in [0.15, 0.2) is 0 Å². The van der Waals surface area contributed by atoms with Crippen molar-refractivity contribution < 1.29 is 14.6 Å². The molecule has 0 aromatic rings. The second-order valence-electron chi connectivity index (χ2n) is 6.10. The highest BCUT2D eigenvalue weighted by atomic mass is 16.5. The Hall–Kier alpha value is -0.830. The number of ether oxygens (including phenoxy) is 1. The van der Waals surface area contributed by atoms with Gasteiger partial charge in [-0.1, -0.05) is 64.0 Å². The maximum atomic E-state index is 11.0. The lowest BCUT2D eigenvalue weighted by atomic mass is 10.1. The highest BCUT2D eigenvalue weighted by molar-refractivity contribution is 5.69. The van der Waals surface area contributed by atoms with Crippen molar-refractivity contribution in [1.29, 1.82) is 0 Å². The molecular formula is C19H36O3. The Morgan fingerprint density at radius 1 is 0.955 bits per heavy atom. The second-order valence-corrected chi connectivity index (χ2v) is 6.10. The Balaban J connectivity index is 3.25. The molecule has 0 aliphatic carbocycles. The van der Waals surface area contributed by atoms with Gasteiger partial charge in [0.25, 0.3) is 0 Å². The summed E-state index contributed by atoms with van der Waals surface area (Å²) in [6, 6.07) is 0. The van der Waals surface area contributed by atoms with Crippen molar-refractivity contribution >= 4 is 5.97 Å². The van der Waals surface area contributed by atoms with E-state index >= 15 is 0 Å². The van der Waals surface area contributed by atoms with E-state index in [1.165, 1.54) is 52.1 Å². The van der Waals surface area contributed by atoms with E-state index in [4.69, 9.17) is 0 Å². The monoisotopic (exact) mass is 312 g/mol. The number of carbonyl (C=O) groups is 1. The van der Waals surface area contributed by atoms with Crippen LogP contribution in [0.15, 0.2) is 12.2 Å². The first kappa shape index (κ1) is 21.2. The highest BCUT2D eigenvalue weighted by Crippen LogP contribution is 2.10. The van der Waals surface area contributed by atoms with Crippen molar-refractivity contribution in [2.75, 3.05) is 7.11 Å². The lowest BCUT2D eigenvalue weighted by molar-refractivity contribution is -0.142. The van der Waals surface area contributed by atoms with Gasteiger partial charge < -0.3 is 9.84 Å². The number of methoxy groups -OCH3 is 1. The summed E-state index contributed by atoms with van der Waals surface area (Å²) in [5.74, 6) is -0.329. The van der Waals surface area contributed by atoms with E-state index in [0.29, 0.717) is 6.42 Å². The average Bonchev–Trinajstić information content (AvgIpc) is 2.51. The molecule has 0 amide bonds. The van der Waals surface area contributed by atoms with Gasteiger partial charge >= 0.3 is 5.97 Å². The van der Waals surface area contributed by atoms with Crippen LogP contribution in [-0.4, -0.2) is 24.3 Å². The number of carbonyl (C=O) groups excluding carboxylic acids is 1. The van der Waals surface area contributed by atoms with E-state index < -0.39 is 6.10 Å². The Labute approximate surface area is 137 Å². The van der Waals surface area contributed by atoms with Gasteiger partial charge in [-0.25, -0.2) is 0 Å². The van der Waals surface area contributed by atoms with E-state index in [1.807, 2.05) is 0 Å². The molecule has 0 aliphatic heterocycles. The molecule has 0 fully saturated rings. The van der Waals surface area contributed by atoms with Gasteiger partial charge in [-0.3, -0.25) is 4.79 Å². The molecule has 0 aliphatic rings. The van der Waals surface area contributed by atoms with E-state index in [0.717, 1.165) is 25.7 Å². The summed E-state index contributed by atoms with van der Waals surface area (Å²) < 4.78 is 4.53. The van der Waals surface area contributed by atoms with E-state index in [9.17, 15) is 9.90 Å². The molecule has 0 bridgehead atoms. The van der Waals surface area contributed by atoms with Crippen LogP contribution in [0.5, 0.6) is 0 Å². The largest absolute Gasteiger partial charge is 0.469 e. The summed E-state index contributed by atoms with van der Waals surface area (Å²) in [5, 5.41) is 9.61. The molecule has 1 unspecified atom stereocenters. The Bertz CT molecular complexity index is 274. The molecule has 0 spiro atoms. The smallest absolute Gasteiger partial charge is 0.308 e. The van der Waals surface area contributed by atoms with Crippen LogP contribution in [-0.2, 0) is 9.53 Å². The topological polar surface area (TPSA) is 46.5 Å². The first-order valence-corrected chi connectivity index (χ1v) is 9.10. The van der Waals surface area contributed by atoms with Gasteiger partial charge in [0, 0.05) is 0 Å². The molecule has 0 heterocycles. The standard InChI is InChI=1S/C19H36O3/c1-3-4-5-6-7-8-9-10-11-12-13-14-15-16-18(20)17-19(21)22-2/h10-11,18,20H,3-9,12-17H2,1-2H3/b11-10+. The van der Waals surface area contributed by atoms with Crippen LogP contribution in [0.2, 0.25) is 0 Å². The van der Waals surface area contributed by atoms with Crippen LogP contribution < -0.4 is 0 Å². The molecule has 0 rings (SSSR count). The molecule has 0 radical (unpaired) electrons. The number of hydrogen-bond acceptors (Lipinski definition) is 3. The summed E-state index contributed by atoms with van der Waals surface area (Å²) in [6.45, 7) is 2.25. The van der Waals surface area contributed by atoms with Gasteiger partial charge in [-0.05, 0) is 32.1 Å². The van der Waals surface area contributed by atoms with Crippen molar-refractivity contribution in [2.24, 2.45) is 0 Å². The van der Waals surface area contributed by atoms with Crippen molar-refractivity contribution in [3.8, 4) is 0 Å². The van der Waals surface area contributed by atoms with Crippen LogP contribution in [0.4, 0.5) is 0 Å². The zero-order valence-corrected chi connectivity index (χ0v) is 14.7. The molecule has 3 nitrogen and oxygen atoms in total. The molecule has 3 heteroatoms. The quantitative estimate of drug-likeness (QED) is 0.258. The molecular weight excluding hydrogens is 276 g/mol. The van der Waals surface area contributed by atoms with Crippen molar-refractivity contribution in [3.63, 3.8) is 0 Å². The summed E-state index contributed by atoms with van der Waals surface area (Å²) in [5.41, 5.74) is 0. The second kappa shape index (κ2) is 16.5. The fourth-order valence-corrected chi connectivity index (χ4v) is 2.47. The number of allylic oxidation sites excluding steroid dienone is 2. The van der Waals surface area contributed by atoms with Crippen LogP contribution in [0.3, 0.4) is 0 Å². The molecule has 0 aromatic carbocycles. The fourth-order valence-electron chi connectivity index (χ4n) is 2.47. The fraction of sp³-hybridized carbons (Fsp3) is 0.842. The van der Waals surface area contributed by atoms with Gasteiger partial charge in [0.1, 0.15) is 0 Å². The number of aliphatic hydroxyl groups excluding tert-OH is 1. The minimum absolute atomic E-state index is 0.120. The number of rotatable bonds is 15. The minimum Gasteiger partial charge on any atom is -0.469 e. The lowest BCUT2D eigenvalue weighted by Crippen LogP contribution is -2.14. The summed E-state index contributed by atoms with van der Waals surface area (Å²) in [6.07, 6.45) is 18.6. The Morgan fingerprint density at radius 2 is 1.50 bits per heavy atom. The first-order chi connectivity index (χ1) is 10.7. The average molecular weight is 312 g/mol. The number of esters is 1. The van der Waals surface area contributed by atoms with Crippen molar-refractivity contribution in [3.05, 3.63) is 12.2 Å². The molecule has 0 saturated heterocycles. The predicted molar refractivity (Wildman–Crippen MR) is 92.9 cm³/mol. The van der Waals surface area contributed by atoms with E-state index in [-0.39, 0.29) is 12.4 Å². The highest BCUT2D eigenvalue weighted by Gasteiger charge is 2.09. The van der Waals surface area contributed by atoms with Crippen molar-refractivity contribution in [2.45, 2.75) is 96.5 Å². The summed E-state index contributed by atoms with van der Waals surface area (Å²) >= 11 is 0. The van der Waals surface area contributed by atoms with Gasteiger partial charge in [0.05, 0.1) is 19.6 Å². The van der Waals surface area contributed by atoms with Crippen LogP contribution >= 0.6 is 0 Å². The third kappa shape index (κ3) is 15.6. The molecule has 130 valence electrons. The van der Waals surface area contributed by atoms with Gasteiger partial charge in [-0.2, -0.15) is 0 Å². The van der Waals surface area contributed by atoms with Gasteiger partial charge in [-0.15, -0.1) is 0 Å². The summed E-state index contributed by atoms with van der Waals surface area (Å²) in [4.78, 5) is 11.0. The third-order valence-corrected chi connectivity index (χ3v) is 3.93. The number of unbranched alkanes of at least 4 members (excludes halogenated alkanes) is 9.